The van der Waals surface area contributed by atoms with Gasteiger partial charge in [-0.3, -0.25) is 0 Å². The molecule has 2 atom stereocenters. The summed E-state index contributed by atoms with van der Waals surface area (Å²) >= 11 is 7.54. The van der Waals surface area contributed by atoms with Crippen LogP contribution < -0.4 is 5.32 Å². The molecule has 2 rings (SSSR count). The van der Waals surface area contributed by atoms with Crippen molar-refractivity contribution < 1.29 is 4.52 Å². The summed E-state index contributed by atoms with van der Waals surface area (Å²) in [4.78, 5) is 5.66. The average molecular weight is 326 g/mol. The lowest BCUT2D eigenvalue weighted by Crippen LogP contribution is -2.28. The SMILES string of the molecule is CCC(c1nc(CSc2ccc(Cl)cc2)no1)C(C)NC. The van der Waals surface area contributed by atoms with Crippen LogP contribution in [0.4, 0.5) is 0 Å². The van der Waals surface area contributed by atoms with E-state index in [0.717, 1.165) is 22.2 Å². The van der Waals surface area contributed by atoms with Crippen LogP contribution in [-0.2, 0) is 5.75 Å². The van der Waals surface area contributed by atoms with Gasteiger partial charge in [-0.2, -0.15) is 4.98 Å². The molecular formula is C15H20ClN3OS. The maximum Gasteiger partial charge on any atom is 0.231 e. The van der Waals surface area contributed by atoms with Gasteiger partial charge in [-0.25, -0.2) is 0 Å². The van der Waals surface area contributed by atoms with E-state index in [-0.39, 0.29) is 5.92 Å². The first-order valence-corrected chi connectivity index (χ1v) is 8.38. The van der Waals surface area contributed by atoms with Gasteiger partial charge in [-0.05, 0) is 44.7 Å². The Balaban J connectivity index is 1.98. The summed E-state index contributed by atoms with van der Waals surface area (Å²) in [5, 5.41) is 8.06. The first-order chi connectivity index (χ1) is 10.1. The second-order valence-electron chi connectivity index (χ2n) is 4.88. The third-order valence-electron chi connectivity index (χ3n) is 3.48. The molecule has 0 spiro atoms. The summed E-state index contributed by atoms with van der Waals surface area (Å²) in [6.45, 7) is 4.26. The number of hydrogen-bond donors (Lipinski definition) is 1. The number of nitrogens with zero attached hydrogens (tertiary/aromatic N) is 2. The van der Waals surface area contributed by atoms with Crippen molar-refractivity contribution >= 4 is 23.4 Å². The predicted molar refractivity (Wildman–Crippen MR) is 86.9 cm³/mol. The highest BCUT2D eigenvalue weighted by Crippen LogP contribution is 2.25. The van der Waals surface area contributed by atoms with Gasteiger partial charge in [0.15, 0.2) is 5.82 Å². The molecule has 0 aliphatic rings. The third kappa shape index (κ3) is 4.46. The lowest BCUT2D eigenvalue weighted by Gasteiger charge is -2.17. The molecule has 0 amide bonds. The van der Waals surface area contributed by atoms with Gasteiger partial charge in [0.25, 0.3) is 0 Å². The topological polar surface area (TPSA) is 51.0 Å². The van der Waals surface area contributed by atoms with Gasteiger partial charge in [0.1, 0.15) is 0 Å². The molecule has 0 aliphatic carbocycles. The molecule has 0 aliphatic heterocycles. The molecule has 0 radical (unpaired) electrons. The van der Waals surface area contributed by atoms with E-state index in [1.165, 1.54) is 0 Å². The summed E-state index contributed by atoms with van der Waals surface area (Å²) < 4.78 is 5.41. The zero-order valence-electron chi connectivity index (χ0n) is 12.5. The quantitative estimate of drug-likeness (QED) is 0.776. The van der Waals surface area contributed by atoms with Gasteiger partial charge in [0.05, 0.1) is 11.7 Å². The number of likely N-dealkylation sites (N-methyl/N-ethyl adjacent to an activating group) is 1. The molecule has 0 saturated heterocycles. The first-order valence-electron chi connectivity index (χ1n) is 7.02. The van der Waals surface area contributed by atoms with Crippen molar-refractivity contribution in [2.45, 2.75) is 42.9 Å². The van der Waals surface area contributed by atoms with Crippen molar-refractivity contribution in [2.75, 3.05) is 7.05 Å². The van der Waals surface area contributed by atoms with Gasteiger partial charge in [0.2, 0.25) is 5.89 Å². The minimum Gasteiger partial charge on any atom is -0.339 e. The van der Waals surface area contributed by atoms with E-state index in [0.29, 0.717) is 17.7 Å². The summed E-state index contributed by atoms with van der Waals surface area (Å²) in [5.74, 6) is 2.38. The number of aromatic nitrogens is 2. The van der Waals surface area contributed by atoms with Gasteiger partial charge < -0.3 is 9.84 Å². The first kappa shape index (κ1) is 16.3. The Morgan fingerprint density at radius 1 is 1.33 bits per heavy atom. The molecule has 1 heterocycles. The van der Waals surface area contributed by atoms with Crippen LogP contribution in [0.5, 0.6) is 0 Å². The Bertz CT molecular complexity index is 558. The van der Waals surface area contributed by atoms with Gasteiger partial charge in [-0.1, -0.05) is 23.7 Å². The summed E-state index contributed by atoms with van der Waals surface area (Å²) in [5.41, 5.74) is 0. The highest BCUT2D eigenvalue weighted by Gasteiger charge is 2.22. The summed E-state index contributed by atoms with van der Waals surface area (Å²) in [6.07, 6.45) is 0.966. The molecule has 0 bridgehead atoms. The third-order valence-corrected chi connectivity index (χ3v) is 4.74. The highest BCUT2D eigenvalue weighted by atomic mass is 35.5. The van der Waals surface area contributed by atoms with Crippen LogP contribution in [0.25, 0.3) is 0 Å². The van der Waals surface area contributed by atoms with E-state index in [2.05, 4.69) is 29.3 Å². The second-order valence-corrected chi connectivity index (χ2v) is 6.37. The zero-order chi connectivity index (χ0) is 15.2. The number of benzene rings is 1. The lowest BCUT2D eigenvalue weighted by atomic mass is 9.98. The van der Waals surface area contributed by atoms with Crippen molar-refractivity contribution in [1.29, 1.82) is 0 Å². The smallest absolute Gasteiger partial charge is 0.231 e. The molecule has 6 heteroatoms. The van der Waals surface area contributed by atoms with Crippen molar-refractivity contribution in [3.05, 3.63) is 41.0 Å². The fraction of sp³-hybridized carbons (Fsp3) is 0.467. The van der Waals surface area contributed by atoms with Crippen LogP contribution in [0, 0.1) is 0 Å². The maximum atomic E-state index is 5.87. The monoisotopic (exact) mass is 325 g/mol. The standard InChI is InChI=1S/C15H20ClN3OS/c1-4-13(10(2)17-3)15-18-14(19-20-15)9-21-12-7-5-11(16)6-8-12/h5-8,10,13,17H,4,9H2,1-3H3. The van der Waals surface area contributed by atoms with Crippen LogP contribution in [-0.4, -0.2) is 23.2 Å². The van der Waals surface area contributed by atoms with E-state index >= 15 is 0 Å². The van der Waals surface area contributed by atoms with Crippen LogP contribution in [0.15, 0.2) is 33.7 Å². The Morgan fingerprint density at radius 3 is 2.67 bits per heavy atom. The molecule has 2 unspecified atom stereocenters. The van der Waals surface area contributed by atoms with Crippen LogP contribution >= 0.6 is 23.4 Å². The number of thioether (sulfide) groups is 1. The second kappa shape index (κ2) is 7.82. The highest BCUT2D eigenvalue weighted by molar-refractivity contribution is 7.98. The van der Waals surface area contributed by atoms with Crippen LogP contribution in [0.2, 0.25) is 5.02 Å². The zero-order valence-corrected chi connectivity index (χ0v) is 14.0. The van der Waals surface area contributed by atoms with E-state index in [1.54, 1.807) is 11.8 Å². The molecule has 1 aromatic heterocycles. The molecular weight excluding hydrogens is 306 g/mol. The molecule has 0 fully saturated rings. The molecule has 4 nitrogen and oxygen atoms in total. The number of halogens is 1. The van der Waals surface area contributed by atoms with Crippen molar-refractivity contribution in [3.63, 3.8) is 0 Å². The lowest BCUT2D eigenvalue weighted by molar-refractivity contribution is 0.320. The predicted octanol–water partition coefficient (Wildman–Crippen LogP) is 4.12. The Kier molecular flexibility index (Phi) is 6.08. The summed E-state index contributed by atoms with van der Waals surface area (Å²) in [7, 11) is 1.95. The van der Waals surface area contributed by atoms with Crippen LogP contribution in [0.1, 0.15) is 37.9 Å². The molecule has 0 saturated carbocycles. The van der Waals surface area contributed by atoms with E-state index < -0.39 is 0 Å². The van der Waals surface area contributed by atoms with E-state index in [4.69, 9.17) is 16.1 Å². The fourth-order valence-electron chi connectivity index (χ4n) is 2.10. The Labute approximate surface area is 134 Å². The Hall–Kier alpha value is -1.04. The molecule has 21 heavy (non-hydrogen) atoms. The largest absolute Gasteiger partial charge is 0.339 e. The normalized spacial score (nSPS) is 14.1. The molecule has 1 N–H and O–H groups in total. The molecule has 1 aromatic carbocycles. The van der Waals surface area contributed by atoms with Crippen molar-refractivity contribution in [2.24, 2.45) is 0 Å². The minimum absolute atomic E-state index is 0.247. The Morgan fingerprint density at radius 2 is 2.05 bits per heavy atom. The van der Waals surface area contributed by atoms with Crippen molar-refractivity contribution in [1.82, 2.24) is 15.5 Å². The number of rotatable bonds is 7. The number of hydrogen-bond acceptors (Lipinski definition) is 5. The van der Waals surface area contributed by atoms with Crippen molar-refractivity contribution in [3.8, 4) is 0 Å². The van der Waals surface area contributed by atoms with E-state index in [9.17, 15) is 0 Å². The maximum absolute atomic E-state index is 5.87. The summed E-state index contributed by atoms with van der Waals surface area (Å²) in [6, 6.07) is 8.06. The minimum atomic E-state index is 0.247. The average Bonchev–Trinajstić information content (AvgIpc) is 2.96. The van der Waals surface area contributed by atoms with Gasteiger partial charge in [0, 0.05) is 16.0 Å². The number of nitrogens with one attached hydrogen (secondary N) is 1. The molecule has 2 aromatic rings. The molecule has 114 valence electrons. The van der Waals surface area contributed by atoms with E-state index in [1.807, 2.05) is 31.3 Å². The van der Waals surface area contributed by atoms with Crippen LogP contribution in [0.3, 0.4) is 0 Å². The fourth-order valence-corrected chi connectivity index (χ4v) is 2.97. The van der Waals surface area contributed by atoms with Gasteiger partial charge >= 0.3 is 0 Å². The van der Waals surface area contributed by atoms with Gasteiger partial charge in [-0.15, -0.1) is 11.8 Å².